The van der Waals surface area contributed by atoms with E-state index in [0.717, 1.165) is 0 Å². The SMILES string of the molecule is FC(F)C1(Br)CC1. The molecule has 0 aromatic rings. The minimum absolute atomic E-state index is 0.630. The van der Waals surface area contributed by atoms with Crippen molar-refractivity contribution < 1.29 is 8.78 Å². The first kappa shape index (κ1) is 5.48. The number of alkyl halides is 3. The molecule has 0 radical (unpaired) electrons. The summed E-state index contributed by atoms with van der Waals surface area (Å²) in [5.74, 6) is 0. The molecule has 0 amide bonds. The molecule has 1 saturated carbocycles. The van der Waals surface area contributed by atoms with Crippen molar-refractivity contribution in [2.45, 2.75) is 23.6 Å². The second-order valence-electron chi connectivity index (χ2n) is 1.84. The second-order valence-corrected chi connectivity index (χ2v) is 3.41. The molecule has 0 aromatic heterocycles. The standard InChI is InChI=1S/C4H5BrF2/c5-4(1-2-4)3(6)7/h3H,1-2H2. The average molecular weight is 171 g/mol. The van der Waals surface area contributed by atoms with Crippen molar-refractivity contribution >= 4 is 15.9 Å². The third kappa shape index (κ3) is 0.929. The topological polar surface area (TPSA) is 0 Å². The zero-order chi connectivity index (χ0) is 5.49. The highest BCUT2D eigenvalue weighted by Gasteiger charge is 2.48. The fourth-order valence-corrected chi connectivity index (χ4v) is 0.536. The average Bonchev–Trinajstić information content (AvgIpc) is 2.21. The first-order chi connectivity index (χ1) is 3.15. The van der Waals surface area contributed by atoms with Crippen LogP contribution in [-0.4, -0.2) is 10.7 Å². The molecule has 0 unspecified atom stereocenters. The van der Waals surface area contributed by atoms with Crippen molar-refractivity contribution in [2.75, 3.05) is 0 Å². The van der Waals surface area contributed by atoms with Gasteiger partial charge in [0.25, 0.3) is 6.43 Å². The molecule has 7 heavy (non-hydrogen) atoms. The summed E-state index contributed by atoms with van der Waals surface area (Å²) in [6.07, 6.45) is -0.914. The Kier molecular flexibility index (Phi) is 1.10. The van der Waals surface area contributed by atoms with Gasteiger partial charge in [0.1, 0.15) is 0 Å². The highest BCUT2D eigenvalue weighted by atomic mass is 79.9. The van der Waals surface area contributed by atoms with E-state index < -0.39 is 10.7 Å². The summed E-state index contributed by atoms with van der Waals surface area (Å²) < 4.78 is 22.3. The van der Waals surface area contributed by atoms with Crippen LogP contribution in [0.4, 0.5) is 8.78 Å². The van der Waals surface area contributed by atoms with Crippen LogP contribution < -0.4 is 0 Å². The summed E-state index contributed by atoms with van der Waals surface area (Å²) >= 11 is 2.90. The number of rotatable bonds is 1. The van der Waals surface area contributed by atoms with Crippen LogP contribution in [0, 0.1) is 0 Å². The highest BCUT2D eigenvalue weighted by molar-refractivity contribution is 9.10. The van der Waals surface area contributed by atoms with Crippen LogP contribution in [0.2, 0.25) is 0 Å². The van der Waals surface area contributed by atoms with Crippen LogP contribution >= 0.6 is 15.9 Å². The van der Waals surface area contributed by atoms with Crippen molar-refractivity contribution in [2.24, 2.45) is 0 Å². The Bertz CT molecular complexity index is 77.8. The van der Waals surface area contributed by atoms with E-state index in [2.05, 4.69) is 15.9 Å². The minimum atomic E-state index is -2.17. The fourth-order valence-electron chi connectivity index (χ4n) is 0.338. The van der Waals surface area contributed by atoms with Crippen molar-refractivity contribution in [3.05, 3.63) is 0 Å². The summed E-state index contributed by atoms with van der Waals surface area (Å²) in [6, 6.07) is 0. The van der Waals surface area contributed by atoms with Crippen molar-refractivity contribution in [3.8, 4) is 0 Å². The van der Waals surface area contributed by atoms with Crippen LogP contribution in [0.15, 0.2) is 0 Å². The molecule has 3 heteroatoms. The van der Waals surface area contributed by atoms with Gasteiger partial charge in [-0.15, -0.1) is 0 Å². The van der Waals surface area contributed by atoms with Gasteiger partial charge in [-0.05, 0) is 12.8 Å². The molecule has 1 rings (SSSR count). The predicted molar refractivity (Wildman–Crippen MR) is 26.9 cm³/mol. The zero-order valence-corrected chi connectivity index (χ0v) is 5.21. The largest absolute Gasteiger partial charge is 0.253 e. The van der Waals surface area contributed by atoms with Crippen molar-refractivity contribution in [1.82, 2.24) is 0 Å². The van der Waals surface area contributed by atoms with Gasteiger partial charge in [0.2, 0.25) is 0 Å². The van der Waals surface area contributed by atoms with Crippen LogP contribution in [0.5, 0.6) is 0 Å². The Morgan fingerprint density at radius 1 is 1.43 bits per heavy atom. The predicted octanol–water partition coefficient (Wildman–Crippen LogP) is 2.18. The van der Waals surface area contributed by atoms with Gasteiger partial charge in [0.15, 0.2) is 0 Å². The number of hydrogen-bond donors (Lipinski definition) is 0. The van der Waals surface area contributed by atoms with Gasteiger partial charge < -0.3 is 0 Å². The summed E-state index contributed by atoms with van der Waals surface area (Å²) in [5.41, 5.74) is 0. The maximum absolute atomic E-state index is 11.6. The van der Waals surface area contributed by atoms with E-state index in [-0.39, 0.29) is 0 Å². The maximum atomic E-state index is 11.6. The molecule has 1 fully saturated rings. The van der Waals surface area contributed by atoms with E-state index in [9.17, 15) is 8.78 Å². The molecule has 1 aliphatic carbocycles. The molecule has 0 heterocycles. The van der Waals surface area contributed by atoms with E-state index >= 15 is 0 Å². The van der Waals surface area contributed by atoms with Crippen molar-refractivity contribution in [3.63, 3.8) is 0 Å². The molecule has 1 aliphatic rings. The monoisotopic (exact) mass is 170 g/mol. The Hall–Kier alpha value is 0.340. The highest BCUT2D eigenvalue weighted by Crippen LogP contribution is 2.49. The van der Waals surface area contributed by atoms with Gasteiger partial charge in [-0.3, -0.25) is 0 Å². The van der Waals surface area contributed by atoms with Gasteiger partial charge in [0.05, 0.1) is 4.32 Å². The van der Waals surface area contributed by atoms with Gasteiger partial charge in [-0.25, -0.2) is 8.78 Å². The minimum Gasteiger partial charge on any atom is -0.209 e. The Balaban J connectivity index is 2.39. The third-order valence-corrected chi connectivity index (χ3v) is 2.26. The molecule has 0 aromatic carbocycles. The lowest BCUT2D eigenvalue weighted by Gasteiger charge is -1.99. The first-order valence-corrected chi connectivity index (χ1v) is 2.91. The smallest absolute Gasteiger partial charge is 0.209 e. The molecule has 0 aliphatic heterocycles. The van der Waals surface area contributed by atoms with E-state index in [0.29, 0.717) is 12.8 Å². The van der Waals surface area contributed by atoms with Gasteiger partial charge in [-0.2, -0.15) is 0 Å². The molecule has 0 atom stereocenters. The number of hydrogen-bond acceptors (Lipinski definition) is 0. The normalized spacial score (nSPS) is 25.7. The molecule has 0 saturated heterocycles. The summed E-state index contributed by atoms with van der Waals surface area (Å²) in [6.45, 7) is 0. The van der Waals surface area contributed by atoms with Crippen LogP contribution in [0.1, 0.15) is 12.8 Å². The lowest BCUT2D eigenvalue weighted by Crippen LogP contribution is -2.09. The quantitative estimate of drug-likeness (QED) is 0.530. The Morgan fingerprint density at radius 3 is 1.86 bits per heavy atom. The second kappa shape index (κ2) is 1.41. The number of halogens is 3. The first-order valence-electron chi connectivity index (χ1n) is 2.12. The summed E-state index contributed by atoms with van der Waals surface area (Å²) in [7, 11) is 0. The van der Waals surface area contributed by atoms with E-state index in [1.165, 1.54) is 0 Å². The third-order valence-electron chi connectivity index (χ3n) is 1.12. The Labute approximate surface area is 49.0 Å². The van der Waals surface area contributed by atoms with Crippen LogP contribution in [-0.2, 0) is 0 Å². The summed E-state index contributed by atoms with van der Waals surface area (Å²) in [5, 5.41) is 0. The molecule has 0 bridgehead atoms. The van der Waals surface area contributed by atoms with E-state index in [1.807, 2.05) is 0 Å². The lowest BCUT2D eigenvalue weighted by molar-refractivity contribution is 0.139. The molecule has 42 valence electrons. The van der Waals surface area contributed by atoms with Gasteiger partial charge in [0, 0.05) is 0 Å². The van der Waals surface area contributed by atoms with E-state index in [4.69, 9.17) is 0 Å². The molecule has 0 spiro atoms. The van der Waals surface area contributed by atoms with Gasteiger partial charge in [-0.1, -0.05) is 15.9 Å². The molecule has 0 N–H and O–H groups in total. The maximum Gasteiger partial charge on any atom is 0.253 e. The van der Waals surface area contributed by atoms with Gasteiger partial charge >= 0.3 is 0 Å². The lowest BCUT2D eigenvalue weighted by atomic mass is 10.5. The summed E-state index contributed by atoms with van der Waals surface area (Å²) in [4.78, 5) is 0. The molecule has 0 nitrogen and oxygen atoms in total. The van der Waals surface area contributed by atoms with Crippen molar-refractivity contribution in [1.29, 1.82) is 0 Å². The van der Waals surface area contributed by atoms with E-state index in [1.54, 1.807) is 0 Å². The Morgan fingerprint density at radius 2 is 1.86 bits per heavy atom. The van der Waals surface area contributed by atoms with Crippen LogP contribution in [0.3, 0.4) is 0 Å². The molecular weight excluding hydrogens is 166 g/mol. The van der Waals surface area contributed by atoms with Crippen LogP contribution in [0.25, 0.3) is 0 Å². The zero-order valence-electron chi connectivity index (χ0n) is 3.63. The molecular formula is C4H5BrF2. The fraction of sp³-hybridized carbons (Fsp3) is 1.00.